The van der Waals surface area contributed by atoms with Gasteiger partial charge in [0.05, 0.1) is 10.6 Å². The minimum absolute atomic E-state index is 0.126. The third kappa shape index (κ3) is 5.77. The minimum atomic E-state index is -2.76. The molecule has 1 fully saturated rings. The maximum atomic E-state index is 13.9. The molecular weight excluding hydrogens is 528 g/mol. The average molecular weight is 558 g/mol. The van der Waals surface area contributed by atoms with Crippen molar-refractivity contribution in [2.24, 2.45) is 5.92 Å². The van der Waals surface area contributed by atoms with E-state index in [4.69, 9.17) is 11.6 Å². The average Bonchev–Trinajstić information content (AvgIpc) is 3.35. The molecule has 3 N–H and O–H groups in total. The zero-order chi connectivity index (χ0) is 27.7. The number of pyridine rings is 1. The molecule has 11 heteroatoms. The first kappa shape index (κ1) is 27.1. The molecule has 1 atom stereocenters. The van der Waals surface area contributed by atoms with Crippen LogP contribution < -0.4 is 20.7 Å². The van der Waals surface area contributed by atoms with Crippen molar-refractivity contribution in [1.82, 2.24) is 15.2 Å². The predicted molar refractivity (Wildman–Crippen MR) is 144 cm³/mol. The first-order valence-corrected chi connectivity index (χ1v) is 13.4. The second-order valence-electron chi connectivity index (χ2n) is 10.2. The van der Waals surface area contributed by atoms with Crippen LogP contribution in [0.25, 0.3) is 11.1 Å². The van der Waals surface area contributed by atoms with Gasteiger partial charge in [0.15, 0.2) is 11.9 Å². The van der Waals surface area contributed by atoms with Gasteiger partial charge in [-0.05, 0) is 48.6 Å². The van der Waals surface area contributed by atoms with Crippen LogP contribution in [-0.4, -0.2) is 34.9 Å². The van der Waals surface area contributed by atoms with Crippen molar-refractivity contribution < 1.29 is 23.1 Å². The highest BCUT2D eigenvalue weighted by Crippen LogP contribution is 2.38. The Morgan fingerprint density at radius 3 is 2.59 bits per heavy atom. The zero-order valence-electron chi connectivity index (χ0n) is 21.5. The van der Waals surface area contributed by atoms with E-state index < -0.39 is 29.7 Å². The van der Waals surface area contributed by atoms with E-state index in [0.717, 1.165) is 17.0 Å². The molecule has 0 unspecified atom stereocenters. The summed E-state index contributed by atoms with van der Waals surface area (Å²) in [6.45, 7) is 3.67. The highest BCUT2D eigenvalue weighted by Gasteiger charge is 2.40. The molecule has 206 valence electrons. The van der Waals surface area contributed by atoms with Gasteiger partial charge in [-0.2, -0.15) is 4.73 Å². The number of alkyl halides is 2. The molecule has 2 aliphatic rings. The molecule has 1 aromatic carbocycles. The molecular formula is C28H30ClF2N5O3. The molecule has 5 rings (SSSR count). The molecule has 8 nitrogen and oxygen atoms in total. The van der Waals surface area contributed by atoms with E-state index in [1.165, 1.54) is 12.3 Å². The summed E-state index contributed by atoms with van der Waals surface area (Å²) in [7, 11) is 0. The third-order valence-electron chi connectivity index (χ3n) is 7.65. The smallest absolute Gasteiger partial charge is 0.268 e. The van der Waals surface area contributed by atoms with Gasteiger partial charge in [0.1, 0.15) is 11.7 Å². The Hall–Kier alpha value is -3.50. The number of carbonyl (C=O) groups excluding carboxylic acids is 2. The number of carbonyl (C=O) groups is 2. The SMILES string of the molecule is Cc1c(-c2ccc(NC(=O)[C@@H](NC(=O)c3ccc4n3CCNC4)C3CCC(F)(F)CC3)cc2)c(Cl)cc[n+]1[O-]. The second-order valence-corrected chi connectivity index (χ2v) is 10.6. The number of fused-ring (bicyclic) bond motifs is 1. The number of aromatic nitrogens is 2. The van der Waals surface area contributed by atoms with E-state index in [2.05, 4.69) is 16.0 Å². The summed E-state index contributed by atoms with van der Waals surface area (Å²) in [5, 5.41) is 21.4. The van der Waals surface area contributed by atoms with Crippen molar-refractivity contribution in [1.29, 1.82) is 0 Å². The number of nitrogens with one attached hydrogen (secondary N) is 3. The zero-order valence-corrected chi connectivity index (χ0v) is 22.2. The molecule has 2 aromatic heterocycles. The molecule has 1 aliphatic heterocycles. The quantitative estimate of drug-likeness (QED) is 0.308. The van der Waals surface area contributed by atoms with Gasteiger partial charge in [-0.3, -0.25) is 9.59 Å². The van der Waals surface area contributed by atoms with Crippen LogP contribution in [0.15, 0.2) is 48.7 Å². The summed E-state index contributed by atoms with van der Waals surface area (Å²) in [6, 6.07) is 11.0. The lowest BCUT2D eigenvalue weighted by Crippen LogP contribution is -2.50. The summed E-state index contributed by atoms with van der Waals surface area (Å²) >= 11 is 6.32. The van der Waals surface area contributed by atoms with Gasteiger partial charge in [-0.25, -0.2) is 8.78 Å². The van der Waals surface area contributed by atoms with Gasteiger partial charge in [-0.15, -0.1) is 0 Å². The molecule has 1 saturated carbocycles. The Labute approximate surface area is 229 Å². The van der Waals surface area contributed by atoms with Crippen LogP contribution in [0.1, 0.15) is 47.6 Å². The van der Waals surface area contributed by atoms with Crippen LogP contribution in [-0.2, 0) is 17.9 Å². The largest absolute Gasteiger partial charge is 0.618 e. The van der Waals surface area contributed by atoms with Crippen molar-refractivity contribution in [3.8, 4) is 11.1 Å². The monoisotopic (exact) mass is 557 g/mol. The fourth-order valence-electron chi connectivity index (χ4n) is 5.44. The Morgan fingerprint density at radius 2 is 1.87 bits per heavy atom. The van der Waals surface area contributed by atoms with E-state index in [1.807, 2.05) is 10.6 Å². The van der Waals surface area contributed by atoms with Crippen molar-refractivity contribution in [3.63, 3.8) is 0 Å². The highest BCUT2D eigenvalue weighted by atomic mass is 35.5. The van der Waals surface area contributed by atoms with Crippen molar-refractivity contribution in [3.05, 3.63) is 76.0 Å². The van der Waals surface area contributed by atoms with E-state index in [-0.39, 0.29) is 25.7 Å². The standard InChI is InChI=1S/C28H30ClF2N5O3/c1-17-24(22(29)10-14-36(17)39)18-2-4-20(5-3-18)33-27(38)25(19-8-11-28(30,31)12-9-19)34-26(37)23-7-6-21-16-32-13-15-35(21)23/h2-7,10,14,19,25,32H,8-9,11-13,15-16H2,1H3,(H,33,38)(H,34,37)/t25-/m0/s1. The lowest BCUT2D eigenvalue weighted by Gasteiger charge is -2.33. The maximum absolute atomic E-state index is 13.9. The van der Waals surface area contributed by atoms with Crippen molar-refractivity contribution in [2.45, 2.75) is 57.7 Å². The Kier molecular flexibility index (Phi) is 7.59. The molecule has 0 spiro atoms. The Morgan fingerprint density at radius 1 is 1.15 bits per heavy atom. The number of halogens is 3. The van der Waals surface area contributed by atoms with Crippen LogP contribution in [0.3, 0.4) is 0 Å². The minimum Gasteiger partial charge on any atom is -0.618 e. The van der Waals surface area contributed by atoms with Gasteiger partial charge in [-0.1, -0.05) is 23.7 Å². The van der Waals surface area contributed by atoms with Gasteiger partial charge in [0.25, 0.3) is 5.91 Å². The lowest BCUT2D eigenvalue weighted by atomic mass is 9.81. The van der Waals surface area contributed by atoms with Crippen LogP contribution in [0.2, 0.25) is 5.02 Å². The second kappa shape index (κ2) is 10.9. The number of nitrogens with zero attached hydrogens (tertiary/aromatic N) is 2. The third-order valence-corrected chi connectivity index (χ3v) is 7.97. The molecule has 0 radical (unpaired) electrons. The van der Waals surface area contributed by atoms with E-state index in [0.29, 0.717) is 46.3 Å². The number of hydrogen-bond acceptors (Lipinski definition) is 4. The summed E-state index contributed by atoms with van der Waals surface area (Å²) in [6.07, 6.45) is 0.944. The number of anilines is 1. The molecule has 1 aliphatic carbocycles. The fraction of sp³-hybridized carbons (Fsp3) is 0.393. The highest BCUT2D eigenvalue weighted by molar-refractivity contribution is 6.33. The molecule has 2 amide bonds. The Bertz CT molecular complexity index is 1380. The first-order chi connectivity index (χ1) is 18.6. The number of hydrogen-bond donors (Lipinski definition) is 3. The van der Waals surface area contributed by atoms with Gasteiger partial charge < -0.3 is 25.7 Å². The summed E-state index contributed by atoms with van der Waals surface area (Å²) in [4.78, 5) is 26.8. The van der Waals surface area contributed by atoms with E-state index in [9.17, 15) is 23.6 Å². The molecule has 3 aromatic rings. The fourth-order valence-corrected chi connectivity index (χ4v) is 5.74. The van der Waals surface area contributed by atoms with Gasteiger partial charge in [0, 0.05) is 56.8 Å². The molecule has 0 saturated heterocycles. The van der Waals surface area contributed by atoms with E-state index in [1.54, 1.807) is 37.3 Å². The molecule has 0 bridgehead atoms. The predicted octanol–water partition coefficient (Wildman–Crippen LogP) is 4.42. The molecule has 39 heavy (non-hydrogen) atoms. The van der Waals surface area contributed by atoms with Crippen LogP contribution in [0.4, 0.5) is 14.5 Å². The maximum Gasteiger partial charge on any atom is 0.268 e. The van der Waals surface area contributed by atoms with Crippen LogP contribution in [0, 0.1) is 18.0 Å². The first-order valence-electron chi connectivity index (χ1n) is 13.0. The van der Waals surface area contributed by atoms with Crippen LogP contribution >= 0.6 is 11.6 Å². The van der Waals surface area contributed by atoms with Crippen molar-refractivity contribution >= 4 is 29.1 Å². The Balaban J connectivity index is 1.35. The number of benzene rings is 1. The van der Waals surface area contributed by atoms with E-state index >= 15 is 0 Å². The van der Waals surface area contributed by atoms with Crippen LogP contribution in [0.5, 0.6) is 0 Å². The lowest BCUT2D eigenvalue weighted by molar-refractivity contribution is -0.611. The summed E-state index contributed by atoms with van der Waals surface area (Å²) in [5.41, 5.74) is 3.62. The van der Waals surface area contributed by atoms with Gasteiger partial charge >= 0.3 is 0 Å². The summed E-state index contributed by atoms with van der Waals surface area (Å²) < 4.78 is 30.4. The normalized spacial score (nSPS) is 17.7. The topological polar surface area (TPSA) is 102 Å². The van der Waals surface area contributed by atoms with Gasteiger partial charge in [0.2, 0.25) is 11.8 Å². The number of rotatable bonds is 6. The summed E-state index contributed by atoms with van der Waals surface area (Å²) in [5.74, 6) is -4.06. The van der Waals surface area contributed by atoms with Crippen molar-refractivity contribution in [2.75, 3.05) is 11.9 Å². The molecule has 3 heterocycles. The number of amides is 2.